The highest BCUT2D eigenvalue weighted by molar-refractivity contribution is 5.65. The van der Waals surface area contributed by atoms with Crippen molar-refractivity contribution < 1.29 is 14.3 Å². The van der Waals surface area contributed by atoms with Crippen LogP contribution in [0.15, 0.2) is 30.9 Å². The number of amides is 1. The van der Waals surface area contributed by atoms with Crippen LogP contribution in [0.5, 0.6) is 5.88 Å². The molecule has 3 aromatic heterocycles. The summed E-state index contributed by atoms with van der Waals surface area (Å²) in [7, 11) is 1.85. The zero-order chi connectivity index (χ0) is 17.4. The molecule has 0 aliphatic heterocycles. The number of primary amides is 1. The molecule has 0 radical (unpaired) electrons. The third-order valence-electron chi connectivity index (χ3n) is 4.25. The maximum absolute atomic E-state index is 10.9. The lowest BCUT2D eigenvalue weighted by Crippen LogP contribution is -2.22. The minimum atomic E-state index is -0.750. The second kappa shape index (κ2) is 6.08. The van der Waals surface area contributed by atoms with Crippen molar-refractivity contribution in [2.75, 3.05) is 0 Å². The molecular weight excluding hydrogens is 324 g/mol. The van der Waals surface area contributed by atoms with E-state index in [4.69, 9.17) is 15.2 Å². The van der Waals surface area contributed by atoms with Gasteiger partial charge in [0.25, 0.3) is 0 Å². The lowest BCUT2D eigenvalue weighted by Gasteiger charge is -2.15. The van der Waals surface area contributed by atoms with Crippen LogP contribution in [0.3, 0.4) is 0 Å². The molecule has 2 unspecified atom stereocenters. The summed E-state index contributed by atoms with van der Waals surface area (Å²) in [5.74, 6) is 0.503. The van der Waals surface area contributed by atoms with Gasteiger partial charge in [0.05, 0.1) is 24.3 Å². The Morgan fingerprint density at radius 3 is 2.88 bits per heavy atom. The number of carbonyl (C=O) groups is 1. The Morgan fingerprint density at radius 2 is 2.12 bits per heavy atom. The number of aromatic nitrogens is 5. The summed E-state index contributed by atoms with van der Waals surface area (Å²) in [4.78, 5) is 15.5. The van der Waals surface area contributed by atoms with Crippen molar-refractivity contribution in [3.8, 4) is 17.1 Å². The van der Waals surface area contributed by atoms with E-state index in [0.29, 0.717) is 12.3 Å². The molecule has 1 amide bonds. The summed E-state index contributed by atoms with van der Waals surface area (Å²) in [6, 6.07) is 1.85. The smallest absolute Gasteiger partial charge is 0.404 e. The minimum Gasteiger partial charge on any atom is -0.473 e. The van der Waals surface area contributed by atoms with Crippen LogP contribution in [0, 0.1) is 0 Å². The van der Waals surface area contributed by atoms with E-state index in [1.54, 1.807) is 21.6 Å². The number of nitrogens with two attached hydrogens (primary N) is 1. The highest BCUT2D eigenvalue weighted by Crippen LogP contribution is 2.29. The maximum Gasteiger partial charge on any atom is 0.404 e. The maximum atomic E-state index is 10.9. The Labute approximate surface area is 143 Å². The third-order valence-corrected chi connectivity index (χ3v) is 4.25. The van der Waals surface area contributed by atoms with Gasteiger partial charge in [-0.05, 0) is 18.9 Å². The fourth-order valence-corrected chi connectivity index (χ4v) is 3.11. The zero-order valence-electron chi connectivity index (χ0n) is 13.7. The first-order valence-electron chi connectivity index (χ1n) is 8.04. The molecule has 1 fully saturated rings. The molecule has 4 rings (SSSR count). The van der Waals surface area contributed by atoms with E-state index in [-0.39, 0.29) is 12.2 Å². The molecule has 130 valence electrons. The molecule has 0 spiro atoms. The Hall–Kier alpha value is -3.10. The average molecular weight is 342 g/mol. The molecular formula is C16H18N6O3. The van der Waals surface area contributed by atoms with Crippen LogP contribution in [-0.4, -0.2) is 42.7 Å². The number of hydrogen-bond acceptors (Lipinski definition) is 6. The van der Waals surface area contributed by atoms with Gasteiger partial charge < -0.3 is 15.2 Å². The molecule has 1 aliphatic rings. The number of hydrogen-bond donors (Lipinski definition) is 1. The summed E-state index contributed by atoms with van der Waals surface area (Å²) in [5, 5.41) is 8.46. The fraction of sp³-hybridized carbons (Fsp3) is 0.375. The summed E-state index contributed by atoms with van der Waals surface area (Å²) in [6.07, 6.45) is 8.23. The van der Waals surface area contributed by atoms with E-state index >= 15 is 0 Å². The molecule has 25 heavy (non-hydrogen) atoms. The van der Waals surface area contributed by atoms with E-state index in [1.165, 1.54) is 0 Å². The van der Waals surface area contributed by atoms with Gasteiger partial charge in [-0.2, -0.15) is 10.2 Å². The van der Waals surface area contributed by atoms with Crippen LogP contribution >= 0.6 is 0 Å². The number of rotatable bonds is 4. The Morgan fingerprint density at radius 1 is 1.28 bits per heavy atom. The molecule has 0 bridgehead atoms. The largest absolute Gasteiger partial charge is 0.473 e. The molecule has 9 nitrogen and oxygen atoms in total. The molecule has 3 heterocycles. The van der Waals surface area contributed by atoms with Crippen molar-refractivity contribution in [1.29, 1.82) is 0 Å². The topological polar surface area (TPSA) is 110 Å². The number of ether oxygens (including phenoxy) is 2. The third kappa shape index (κ3) is 3.12. The molecule has 1 aliphatic carbocycles. The standard InChI is InChI=1S/C16H18N6O3/c1-21-8-10(7-19-21)13-9-22-14(4-5-18-22)15(20-13)24-11-2-3-12(6-11)25-16(17)23/h4-5,7-9,11-12H,2-3,6H2,1H3,(H2,17,23). The summed E-state index contributed by atoms with van der Waals surface area (Å²) < 4.78 is 14.6. The average Bonchev–Trinajstić information content (AvgIpc) is 3.27. The van der Waals surface area contributed by atoms with Gasteiger partial charge in [-0.3, -0.25) is 4.68 Å². The first kappa shape index (κ1) is 15.4. The normalized spacial score (nSPS) is 20.0. The highest BCUT2D eigenvalue weighted by Gasteiger charge is 2.29. The van der Waals surface area contributed by atoms with E-state index in [0.717, 1.165) is 29.6 Å². The van der Waals surface area contributed by atoms with E-state index in [9.17, 15) is 4.79 Å². The fourth-order valence-electron chi connectivity index (χ4n) is 3.11. The van der Waals surface area contributed by atoms with Crippen LogP contribution in [0.25, 0.3) is 16.8 Å². The van der Waals surface area contributed by atoms with Crippen LogP contribution in [-0.2, 0) is 11.8 Å². The summed E-state index contributed by atoms with van der Waals surface area (Å²) >= 11 is 0. The first-order valence-corrected chi connectivity index (χ1v) is 8.04. The van der Waals surface area contributed by atoms with Crippen molar-refractivity contribution in [2.45, 2.75) is 31.5 Å². The van der Waals surface area contributed by atoms with E-state index in [2.05, 4.69) is 15.2 Å². The Bertz CT molecular complexity index is 918. The van der Waals surface area contributed by atoms with Gasteiger partial charge in [-0.15, -0.1) is 0 Å². The number of nitrogens with zero attached hydrogens (tertiary/aromatic N) is 5. The quantitative estimate of drug-likeness (QED) is 0.770. The molecule has 2 N–H and O–H groups in total. The van der Waals surface area contributed by atoms with Gasteiger partial charge in [0.15, 0.2) is 0 Å². The van der Waals surface area contributed by atoms with Gasteiger partial charge in [-0.25, -0.2) is 14.3 Å². The van der Waals surface area contributed by atoms with Crippen molar-refractivity contribution in [1.82, 2.24) is 24.4 Å². The van der Waals surface area contributed by atoms with Crippen molar-refractivity contribution in [3.05, 3.63) is 30.9 Å². The predicted octanol–water partition coefficient (Wildman–Crippen LogP) is 1.52. The first-order chi connectivity index (χ1) is 12.1. The van der Waals surface area contributed by atoms with Crippen LogP contribution in [0.2, 0.25) is 0 Å². The van der Waals surface area contributed by atoms with Gasteiger partial charge in [0.2, 0.25) is 5.88 Å². The summed E-state index contributed by atoms with van der Waals surface area (Å²) in [6.45, 7) is 0. The second-order valence-electron chi connectivity index (χ2n) is 6.11. The van der Waals surface area contributed by atoms with Gasteiger partial charge in [-0.1, -0.05) is 0 Å². The number of aryl methyl sites for hydroxylation is 1. The lowest BCUT2D eigenvalue weighted by atomic mass is 10.2. The lowest BCUT2D eigenvalue weighted by molar-refractivity contribution is 0.0997. The molecule has 3 aromatic rings. The van der Waals surface area contributed by atoms with E-state index < -0.39 is 6.09 Å². The Balaban J connectivity index is 1.60. The molecule has 9 heteroatoms. The summed E-state index contributed by atoms with van der Waals surface area (Å²) in [5.41, 5.74) is 7.47. The molecule has 2 atom stereocenters. The van der Waals surface area contributed by atoms with Crippen molar-refractivity contribution in [3.63, 3.8) is 0 Å². The van der Waals surface area contributed by atoms with E-state index in [1.807, 2.05) is 25.5 Å². The van der Waals surface area contributed by atoms with Crippen molar-refractivity contribution >= 4 is 11.6 Å². The van der Waals surface area contributed by atoms with Crippen molar-refractivity contribution in [2.24, 2.45) is 12.8 Å². The SMILES string of the molecule is Cn1cc(-c2cn3nccc3c(OC3CCC(OC(N)=O)C3)n2)cn1. The van der Waals surface area contributed by atoms with Crippen LogP contribution < -0.4 is 10.5 Å². The number of carbonyl (C=O) groups excluding carboxylic acids is 1. The van der Waals surface area contributed by atoms with Gasteiger partial charge >= 0.3 is 6.09 Å². The van der Waals surface area contributed by atoms with Crippen LogP contribution in [0.4, 0.5) is 4.79 Å². The predicted molar refractivity (Wildman–Crippen MR) is 87.9 cm³/mol. The Kier molecular flexibility index (Phi) is 3.75. The molecule has 0 aromatic carbocycles. The molecule has 1 saturated carbocycles. The highest BCUT2D eigenvalue weighted by atomic mass is 16.6. The second-order valence-corrected chi connectivity index (χ2v) is 6.11. The minimum absolute atomic E-state index is 0.0836. The van der Waals surface area contributed by atoms with Crippen LogP contribution in [0.1, 0.15) is 19.3 Å². The van der Waals surface area contributed by atoms with Gasteiger partial charge in [0, 0.05) is 25.2 Å². The molecule has 0 saturated heterocycles. The number of fused-ring (bicyclic) bond motifs is 1. The monoisotopic (exact) mass is 342 g/mol. The van der Waals surface area contributed by atoms with Gasteiger partial charge in [0.1, 0.15) is 17.7 Å². The zero-order valence-corrected chi connectivity index (χ0v) is 13.7.